The van der Waals surface area contributed by atoms with E-state index in [-0.39, 0.29) is 17.9 Å². The average molecular weight is 356 g/mol. The Kier molecular flexibility index (Phi) is 4.66. The van der Waals surface area contributed by atoms with Crippen LogP contribution in [0.1, 0.15) is 35.7 Å². The number of hydrogen-bond donors (Lipinski definition) is 2. The molecule has 27 heavy (non-hydrogen) atoms. The van der Waals surface area contributed by atoms with Gasteiger partial charge in [-0.25, -0.2) is 5.43 Å². The number of fused-ring (bicyclic) bond motifs is 1. The summed E-state index contributed by atoms with van der Waals surface area (Å²) in [6.07, 6.45) is 1.80. The van der Waals surface area contributed by atoms with Crippen molar-refractivity contribution >= 4 is 17.3 Å². The lowest BCUT2D eigenvalue weighted by Crippen LogP contribution is -2.34. The maximum atomic E-state index is 11.5. The average Bonchev–Trinajstić information content (AvgIpc) is 2.72. The van der Waals surface area contributed by atoms with Crippen LogP contribution in [-0.2, 0) is 4.79 Å². The number of hydrogen-bond acceptors (Lipinski definition) is 4. The van der Waals surface area contributed by atoms with E-state index < -0.39 is 0 Å². The molecule has 1 aromatic heterocycles. The number of carbonyl (C=O) groups excluding carboxylic acids is 1. The Balaban J connectivity index is 1.91. The summed E-state index contributed by atoms with van der Waals surface area (Å²) in [5.41, 5.74) is 7.44. The fraction of sp³-hybridized carbons (Fsp3) is 0.136. The van der Waals surface area contributed by atoms with Crippen LogP contribution in [0, 0.1) is 0 Å². The molecule has 5 heteroatoms. The van der Waals surface area contributed by atoms with E-state index in [0.717, 1.165) is 28.2 Å². The Labute approximate surface area is 158 Å². The first-order chi connectivity index (χ1) is 13.2. The number of pyridine rings is 1. The predicted molar refractivity (Wildman–Crippen MR) is 107 cm³/mol. The van der Waals surface area contributed by atoms with Gasteiger partial charge in [0, 0.05) is 24.4 Å². The molecular weight excluding hydrogens is 336 g/mol. The van der Waals surface area contributed by atoms with E-state index in [2.05, 4.69) is 33.0 Å². The van der Waals surface area contributed by atoms with Crippen molar-refractivity contribution in [1.29, 1.82) is 0 Å². The van der Waals surface area contributed by atoms with Crippen molar-refractivity contribution in [2.45, 2.75) is 18.9 Å². The highest BCUT2D eigenvalue weighted by atomic mass is 16.2. The lowest BCUT2D eigenvalue weighted by molar-refractivity contribution is -0.118. The molecule has 134 valence electrons. The van der Waals surface area contributed by atoms with Gasteiger partial charge in [-0.2, -0.15) is 5.10 Å². The number of benzene rings is 2. The Morgan fingerprint density at radius 2 is 1.74 bits per heavy atom. The van der Waals surface area contributed by atoms with Crippen LogP contribution in [0.15, 0.2) is 84.1 Å². The van der Waals surface area contributed by atoms with Gasteiger partial charge in [-0.15, -0.1) is 0 Å². The van der Waals surface area contributed by atoms with Crippen molar-refractivity contribution in [2.24, 2.45) is 5.10 Å². The van der Waals surface area contributed by atoms with Crippen LogP contribution in [-0.4, -0.2) is 16.6 Å². The molecule has 0 spiro atoms. The number of hydrazone groups is 1. The topological polar surface area (TPSA) is 66.4 Å². The molecule has 0 bridgehead atoms. The van der Waals surface area contributed by atoms with Gasteiger partial charge in [0.1, 0.15) is 0 Å². The first kappa shape index (κ1) is 17.0. The number of anilines is 1. The molecule has 1 amide bonds. The largest absolute Gasteiger partial charge is 0.375 e. The Bertz CT molecular complexity index is 970. The smallest absolute Gasteiger partial charge is 0.236 e. The van der Waals surface area contributed by atoms with Crippen molar-refractivity contribution in [3.63, 3.8) is 0 Å². The zero-order valence-corrected chi connectivity index (χ0v) is 15.0. The van der Waals surface area contributed by atoms with E-state index in [1.165, 1.54) is 6.92 Å². The molecule has 3 aromatic rings. The normalized spacial score (nSPS) is 19.8. The predicted octanol–water partition coefficient (Wildman–Crippen LogP) is 3.87. The molecule has 1 aliphatic heterocycles. The summed E-state index contributed by atoms with van der Waals surface area (Å²) in [7, 11) is 0. The molecule has 1 aliphatic rings. The Morgan fingerprint density at radius 3 is 2.48 bits per heavy atom. The quantitative estimate of drug-likeness (QED) is 0.700. The molecule has 0 fully saturated rings. The van der Waals surface area contributed by atoms with Crippen LogP contribution in [0.25, 0.3) is 0 Å². The highest BCUT2D eigenvalue weighted by Crippen LogP contribution is 2.42. The van der Waals surface area contributed by atoms with Crippen molar-refractivity contribution in [3.05, 3.63) is 95.8 Å². The van der Waals surface area contributed by atoms with Crippen molar-refractivity contribution in [2.75, 3.05) is 5.32 Å². The minimum atomic E-state index is -0.195. The van der Waals surface area contributed by atoms with Crippen LogP contribution in [0.2, 0.25) is 0 Å². The molecule has 2 atom stereocenters. The maximum absolute atomic E-state index is 11.5. The van der Waals surface area contributed by atoms with Gasteiger partial charge in [-0.05, 0) is 23.8 Å². The molecule has 2 N–H and O–H groups in total. The number of rotatable bonds is 3. The summed E-state index contributed by atoms with van der Waals surface area (Å²) in [6, 6.07) is 24.0. The molecule has 4 rings (SSSR count). The number of nitrogens with zero attached hydrogens (tertiary/aromatic N) is 2. The number of carbonyl (C=O) groups is 1. The molecule has 0 saturated heterocycles. The number of amides is 1. The minimum Gasteiger partial charge on any atom is -0.375 e. The third kappa shape index (κ3) is 3.44. The highest BCUT2D eigenvalue weighted by molar-refractivity contribution is 6.11. The summed E-state index contributed by atoms with van der Waals surface area (Å²) in [4.78, 5) is 16.1. The lowest BCUT2D eigenvalue weighted by Gasteiger charge is -2.35. The van der Waals surface area contributed by atoms with Crippen LogP contribution >= 0.6 is 0 Å². The fourth-order valence-electron chi connectivity index (χ4n) is 3.49. The van der Waals surface area contributed by atoms with Crippen LogP contribution in [0.4, 0.5) is 5.69 Å². The SMILES string of the molecule is CC(=O)N/N=C1\c2ccccc2NC(c2ccccn2)C1c1ccccc1. The summed E-state index contributed by atoms with van der Waals surface area (Å²) in [6.45, 7) is 1.46. The monoisotopic (exact) mass is 356 g/mol. The Hall–Kier alpha value is -3.47. The highest BCUT2D eigenvalue weighted by Gasteiger charge is 2.36. The minimum absolute atomic E-state index is 0.0946. The van der Waals surface area contributed by atoms with Crippen molar-refractivity contribution in [1.82, 2.24) is 10.4 Å². The molecule has 0 saturated carbocycles. The van der Waals surface area contributed by atoms with Crippen LogP contribution in [0.5, 0.6) is 0 Å². The second-order valence-corrected chi connectivity index (χ2v) is 6.48. The molecule has 5 nitrogen and oxygen atoms in total. The number of aromatic nitrogens is 1. The summed E-state index contributed by atoms with van der Waals surface area (Å²) < 4.78 is 0. The van der Waals surface area contributed by atoms with Crippen LogP contribution < -0.4 is 10.7 Å². The van der Waals surface area contributed by atoms with Gasteiger partial charge >= 0.3 is 0 Å². The van der Waals surface area contributed by atoms with Gasteiger partial charge in [0.25, 0.3) is 0 Å². The molecule has 0 radical (unpaired) electrons. The third-order valence-corrected chi connectivity index (χ3v) is 4.64. The summed E-state index contributed by atoms with van der Waals surface area (Å²) in [5.74, 6) is -0.289. The first-order valence-electron chi connectivity index (χ1n) is 8.90. The van der Waals surface area contributed by atoms with E-state index in [9.17, 15) is 4.79 Å². The van der Waals surface area contributed by atoms with Gasteiger partial charge in [0.05, 0.1) is 23.4 Å². The summed E-state index contributed by atoms with van der Waals surface area (Å²) >= 11 is 0. The second kappa shape index (κ2) is 7.41. The third-order valence-electron chi connectivity index (χ3n) is 4.64. The van der Waals surface area contributed by atoms with E-state index in [0.29, 0.717) is 0 Å². The van der Waals surface area contributed by atoms with E-state index in [1.54, 1.807) is 6.20 Å². The van der Waals surface area contributed by atoms with Gasteiger partial charge in [0.15, 0.2) is 0 Å². The standard InChI is InChI=1S/C22H20N4O/c1-15(27)25-26-21-17-11-5-6-12-18(17)24-22(19-13-7-8-14-23-19)20(21)16-9-3-2-4-10-16/h2-14,20,22,24H,1H3,(H,25,27)/b26-21+. The van der Waals surface area contributed by atoms with E-state index in [4.69, 9.17) is 0 Å². The van der Waals surface area contributed by atoms with Crippen LogP contribution in [0.3, 0.4) is 0 Å². The number of nitrogens with one attached hydrogen (secondary N) is 2. The maximum Gasteiger partial charge on any atom is 0.236 e. The fourth-order valence-corrected chi connectivity index (χ4v) is 3.49. The molecule has 2 heterocycles. The van der Waals surface area contributed by atoms with Gasteiger partial charge in [-0.3, -0.25) is 9.78 Å². The molecule has 2 aromatic carbocycles. The molecule has 0 aliphatic carbocycles. The number of para-hydroxylation sites is 1. The zero-order valence-electron chi connectivity index (χ0n) is 15.0. The zero-order chi connectivity index (χ0) is 18.6. The van der Waals surface area contributed by atoms with Crippen molar-refractivity contribution in [3.8, 4) is 0 Å². The Morgan fingerprint density at radius 1 is 1.00 bits per heavy atom. The molecule has 2 unspecified atom stereocenters. The second-order valence-electron chi connectivity index (χ2n) is 6.48. The van der Waals surface area contributed by atoms with E-state index in [1.807, 2.05) is 60.7 Å². The summed E-state index contributed by atoms with van der Waals surface area (Å²) in [5, 5.41) is 8.13. The van der Waals surface area contributed by atoms with E-state index >= 15 is 0 Å². The lowest BCUT2D eigenvalue weighted by atomic mass is 9.79. The molecular formula is C22H20N4O. The van der Waals surface area contributed by atoms with Gasteiger partial charge in [-0.1, -0.05) is 54.6 Å². The first-order valence-corrected chi connectivity index (χ1v) is 8.90. The van der Waals surface area contributed by atoms with Gasteiger partial charge < -0.3 is 5.32 Å². The van der Waals surface area contributed by atoms with Gasteiger partial charge in [0.2, 0.25) is 5.91 Å². The van der Waals surface area contributed by atoms with Crippen molar-refractivity contribution < 1.29 is 4.79 Å².